The molecule has 0 saturated carbocycles. The summed E-state index contributed by atoms with van der Waals surface area (Å²) in [5.74, 6) is -1.17. The van der Waals surface area contributed by atoms with E-state index in [0.717, 1.165) is 20.5 Å². The van der Waals surface area contributed by atoms with Gasteiger partial charge in [-0.05, 0) is 32.9 Å². The Bertz CT molecular complexity index is 545. The third-order valence-electron chi connectivity index (χ3n) is 2.69. The summed E-state index contributed by atoms with van der Waals surface area (Å²) in [6, 6.07) is 3.22. The van der Waals surface area contributed by atoms with Gasteiger partial charge in [0.2, 0.25) is 0 Å². The lowest BCUT2D eigenvalue weighted by Gasteiger charge is -2.32. The van der Waals surface area contributed by atoms with E-state index in [1.54, 1.807) is 13.0 Å². The molecule has 0 aliphatic heterocycles. The number of carboxylic acids is 1. The van der Waals surface area contributed by atoms with Crippen LogP contribution in [0.15, 0.2) is 16.3 Å². The van der Waals surface area contributed by atoms with Crippen molar-refractivity contribution in [1.82, 2.24) is 4.31 Å². The Balaban J connectivity index is 3.29. The summed E-state index contributed by atoms with van der Waals surface area (Å²) in [7, 11) is -3.76. The van der Waals surface area contributed by atoms with Gasteiger partial charge in [0, 0.05) is 11.4 Å². The lowest BCUT2D eigenvalue weighted by Crippen LogP contribution is -2.52. The second kappa shape index (κ2) is 4.99. The minimum Gasteiger partial charge on any atom is -0.480 e. The highest BCUT2D eigenvalue weighted by Gasteiger charge is 2.42. The monoisotopic (exact) mass is 291 g/mol. The van der Waals surface area contributed by atoms with Crippen LogP contribution in [0, 0.1) is 6.92 Å². The molecule has 0 aliphatic rings. The molecule has 0 saturated heterocycles. The standard InChI is InChI=1S/C11H17NO4S2/c1-5-12(11(3,4)10(13)14)18(15,16)9-7-6-8(2)17-9/h6-7H,5H2,1-4H3,(H,13,14). The summed E-state index contributed by atoms with van der Waals surface area (Å²) in [5, 5.41) is 9.16. The summed E-state index contributed by atoms with van der Waals surface area (Å²) in [6.45, 7) is 6.32. The normalized spacial score (nSPS) is 12.9. The predicted octanol–water partition coefficient (Wildman–Crippen LogP) is 1.93. The Labute approximate surface area is 111 Å². The predicted molar refractivity (Wildman–Crippen MR) is 70.3 cm³/mol. The zero-order chi connectivity index (χ0) is 14.1. The number of carbonyl (C=O) groups is 1. The Morgan fingerprint density at radius 2 is 2.00 bits per heavy atom. The van der Waals surface area contributed by atoms with Gasteiger partial charge in [0.1, 0.15) is 9.75 Å². The maximum Gasteiger partial charge on any atom is 0.324 e. The van der Waals surface area contributed by atoms with Gasteiger partial charge in [0.15, 0.2) is 0 Å². The molecule has 1 rings (SSSR count). The van der Waals surface area contributed by atoms with Crippen molar-refractivity contribution in [1.29, 1.82) is 0 Å². The molecule has 0 spiro atoms. The first-order valence-electron chi connectivity index (χ1n) is 5.46. The number of carboxylic acid groups (broad SMARTS) is 1. The molecule has 0 radical (unpaired) electrons. The van der Waals surface area contributed by atoms with Gasteiger partial charge in [-0.2, -0.15) is 4.31 Å². The molecule has 1 N–H and O–H groups in total. The van der Waals surface area contributed by atoms with Crippen molar-refractivity contribution >= 4 is 27.3 Å². The van der Waals surface area contributed by atoms with Gasteiger partial charge in [-0.1, -0.05) is 6.92 Å². The summed E-state index contributed by atoms with van der Waals surface area (Å²) < 4.78 is 26.0. The summed E-state index contributed by atoms with van der Waals surface area (Å²) in [4.78, 5) is 12.1. The smallest absolute Gasteiger partial charge is 0.324 e. The van der Waals surface area contributed by atoms with E-state index in [9.17, 15) is 13.2 Å². The van der Waals surface area contributed by atoms with Crippen molar-refractivity contribution < 1.29 is 18.3 Å². The van der Waals surface area contributed by atoms with Crippen LogP contribution in [0.25, 0.3) is 0 Å². The Morgan fingerprint density at radius 1 is 1.44 bits per heavy atom. The number of rotatable bonds is 5. The number of hydrogen-bond donors (Lipinski definition) is 1. The fraction of sp³-hybridized carbons (Fsp3) is 0.545. The van der Waals surface area contributed by atoms with Gasteiger partial charge < -0.3 is 5.11 Å². The van der Waals surface area contributed by atoms with E-state index in [-0.39, 0.29) is 10.8 Å². The summed E-state index contributed by atoms with van der Waals surface area (Å²) in [5.41, 5.74) is -1.47. The second-order valence-electron chi connectivity index (χ2n) is 4.40. The molecule has 0 aromatic carbocycles. The van der Waals surface area contributed by atoms with Crippen LogP contribution in [0.3, 0.4) is 0 Å². The summed E-state index contributed by atoms with van der Waals surface area (Å²) in [6.07, 6.45) is 0. The minimum absolute atomic E-state index is 0.110. The average molecular weight is 291 g/mol. The van der Waals surface area contributed by atoms with Crippen LogP contribution >= 0.6 is 11.3 Å². The van der Waals surface area contributed by atoms with Gasteiger partial charge in [-0.3, -0.25) is 4.79 Å². The second-order valence-corrected chi connectivity index (χ2v) is 7.78. The van der Waals surface area contributed by atoms with E-state index in [0.29, 0.717) is 0 Å². The molecule has 18 heavy (non-hydrogen) atoms. The van der Waals surface area contributed by atoms with Crippen molar-refractivity contribution in [3.8, 4) is 0 Å². The third-order valence-corrected chi connectivity index (χ3v) is 6.31. The topological polar surface area (TPSA) is 74.7 Å². The Morgan fingerprint density at radius 3 is 2.33 bits per heavy atom. The van der Waals surface area contributed by atoms with E-state index >= 15 is 0 Å². The first-order valence-corrected chi connectivity index (χ1v) is 7.72. The molecule has 0 aliphatic carbocycles. The molecule has 0 atom stereocenters. The fourth-order valence-electron chi connectivity index (χ4n) is 1.63. The molecule has 1 heterocycles. The van der Waals surface area contributed by atoms with E-state index in [4.69, 9.17) is 5.11 Å². The van der Waals surface area contributed by atoms with Crippen LogP contribution < -0.4 is 0 Å². The number of sulfonamides is 1. The van der Waals surface area contributed by atoms with Crippen LogP contribution in [0.5, 0.6) is 0 Å². The van der Waals surface area contributed by atoms with Crippen LogP contribution in [-0.4, -0.2) is 35.9 Å². The van der Waals surface area contributed by atoms with Crippen LogP contribution in [-0.2, 0) is 14.8 Å². The van der Waals surface area contributed by atoms with Crippen LogP contribution in [0.4, 0.5) is 0 Å². The number of nitrogens with zero attached hydrogens (tertiary/aromatic N) is 1. The molecular formula is C11H17NO4S2. The number of aryl methyl sites for hydroxylation is 1. The Hall–Kier alpha value is -0.920. The minimum atomic E-state index is -3.76. The quantitative estimate of drug-likeness (QED) is 0.899. The number of likely N-dealkylation sites (N-methyl/N-ethyl adjacent to an activating group) is 1. The van der Waals surface area contributed by atoms with E-state index < -0.39 is 21.5 Å². The van der Waals surface area contributed by atoms with Crippen molar-refractivity contribution in [3.63, 3.8) is 0 Å². The molecule has 1 aromatic heterocycles. The molecule has 1 aromatic rings. The van der Waals surface area contributed by atoms with Crippen molar-refractivity contribution in [3.05, 3.63) is 17.0 Å². The Kier molecular flexibility index (Phi) is 4.19. The number of aliphatic carboxylic acids is 1. The maximum absolute atomic E-state index is 12.4. The SMILES string of the molecule is CCN(C(C)(C)C(=O)O)S(=O)(=O)c1ccc(C)s1. The van der Waals surface area contributed by atoms with Crippen LogP contribution in [0.2, 0.25) is 0 Å². The van der Waals surface area contributed by atoms with Gasteiger partial charge >= 0.3 is 5.97 Å². The third kappa shape index (κ3) is 2.57. The number of hydrogen-bond acceptors (Lipinski definition) is 4. The zero-order valence-electron chi connectivity index (χ0n) is 10.8. The molecule has 102 valence electrons. The fourth-order valence-corrected chi connectivity index (χ4v) is 4.78. The van der Waals surface area contributed by atoms with Gasteiger partial charge in [0.25, 0.3) is 10.0 Å². The van der Waals surface area contributed by atoms with Crippen molar-refractivity contribution in [2.45, 2.75) is 37.4 Å². The molecule has 7 heteroatoms. The molecule has 5 nitrogen and oxygen atoms in total. The molecule has 0 bridgehead atoms. The van der Waals surface area contributed by atoms with Crippen molar-refractivity contribution in [2.24, 2.45) is 0 Å². The average Bonchev–Trinajstić information content (AvgIpc) is 2.65. The molecular weight excluding hydrogens is 274 g/mol. The lowest BCUT2D eigenvalue weighted by atomic mass is 10.1. The van der Waals surface area contributed by atoms with Gasteiger partial charge in [-0.15, -0.1) is 11.3 Å². The van der Waals surface area contributed by atoms with E-state index in [1.165, 1.54) is 19.9 Å². The van der Waals surface area contributed by atoms with E-state index in [1.807, 2.05) is 6.92 Å². The summed E-state index contributed by atoms with van der Waals surface area (Å²) >= 11 is 1.14. The first-order chi connectivity index (χ1) is 8.14. The van der Waals surface area contributed by atoms with Gasteiger partial charge in [-0.25, -0.2) is 8.42 Å². The van der Waals surface area contributed by atoms with Crippen LogP contribution in [0.1, 0.15) is 25.6 Å². The van der Waals surface area contributed by atoms with Gasteiger partial charge in [0.05, 0.1) is 0 Å². The highest BCUT2D eigenvalue weighted by atomic mass is 32.2. The lowest BCUT2D eigenvalue weighted by molar-refractivity contribution is -0.146. The number of thiophene rings is 1. The molecule has 0 amide bonds. The highest BCUT2D eigenvalue weighted by Crippen LogP contribution is 2.29. The molecule has 0 unspecified atom stereocenters. The molecule has 0 fully saturated rings. The van der Waals surface area contributed by atoms with Crippen molar-refractivity contribution in [2.75, 3.05) is 6.54 Å². The first kappa shape index (κ1) is 15.1. The zero-order valence-corrected chi connectivity index (χ0v) is 12.4. The van der Waals surface area contributed by atoms with E-state index in [2.05, 4.69) is 0 Å². The maximum atomic E-state index is 12.4. The highest BCUT2D eigenvalue weighted by molar-refractivity contribution is 7.91. The largest absolute Gasteiger partial charge is 0.480 e.